The minimum Gasteiger partial charge on any atom is -0.493 e. The minimum absolute atomic E-state index is 0.124. The highest BCUT2D eigenvalue weighted by Gasteiger charge is 2.36. The maximum atomic E-state index is 13.0. The second-order valence-corrected chi connectivity index (χ2v) is 9.43. The molecule has 40 heavy (non-hydrogen) atoms. The average Bonchev–Trinajstić information content (AvgIpc) is 3.21. The number of aromatic nitrogens is 1. The number of hydrogen-bond acceptors (Lipinski definition) is 9. The number of anilines is 1. The lowest BCUT2D eigenvalue weighted by atomic mass is 10.1. The number of amides is 3. The summed E-state index contributed by atoms with van der Waals surface area (Å²) < 4.78 is 11.0. The first-order chi connectivity index (χ1) is 19.3. The van der Waals surface area contributed by atoms with Gasteiger partial charge in [-0.1, -0.05) is 42.5 Å². The van der Waals surface area contributed by atoms with Crippen LogP contribution in [-0.4, -0.2) is 45.5 Å². The number of rotatable bonds is 8. The lowest BCUT2D eigenvalue weighted by molar-refractivity contribution is -0.386. The number of pyridine rings is 1. The molecule has 0 radical (unpaired) electrons. The second kappa shape index (κ2) is 11.3. The summed E-state index contributed by atoms with van der Waals surface area (Å²) in [6.45, 7) is -0.440. The maximum Gasteiger partial charge on any atom is 0.331 e. The average molecular weight is 557 g/mol. The zero-order valence-corrected chi connectivity index (χ0v) is 21.7. The first kappa shape index (κ1) is 26.4. The van der Waals surface area contributed by atoms with Crippen LogP contribution in [0.15, 0.2) is 83.9 Å². The van der Waals surface area contributed by atoms with Crippen LogP contribution in [0.2, 0.25) is 0 Å². The van der Waals surface area contributed by atoms with Gasteiger partial charge < -0.3 is 14.8 Å². The number of methoxy groups -OCH3 is 1. The Hall–Kier alpha value is -5.23. The van der Waals surface area contributed by atoms with E-state index in [1.807, 2.05) is 36.4 Å². The van der Waals surface area contributed by atoms with Crippen molar-refractivity contribution in [3.63, 3.8) is 0 Å². The molecule has 2 heterocycles. The number of hydrogen-bond donors (Lipinski definition) is 1. The van der Waals surface area contributed by atoms with E-state index >= 15 is 0 Å². The summed E-state index contributed by atoms with van der Waals surface area (Å²) in [6.07, 6.45) is 2.85. The van der Waals surface area contributed by atoms with Gasteiger partial charge in [-0.05, 0) is 53.1 Å². The predicted octanol–water partition coefficient (Wildman–Crippen LogP) is 5.62. The number of carbonyl (C=O) groups is 3. The Bertz CT molecular complexity index is 1700. The smallest absolute Gasteiger partial charge is 0.331 e. The molecule has 1 N–H and O–H groups in total. The maximum absolute atomic E-state index is 13.0. The Balaban J connectivity index is 1.31. The van der Waals surface area contributed by atoms with Crippen molar-refractivity contribution in [1.29, 1.82) is 0 Å². The number of benzene rings is 3. The van der Waals surface area contributed by atoms with Crippen molar-refractivity contribution >= 4 is 57.0 Å². The molecule has 0 atom stereocenters. The Kier molecular flexibility index (Phi) is 7.42. The van der Waals surface area contributed by atoms with Gasteiger partial charge in [0.2, 0.25) is 5.91 Å². The highest BCUT2D eigenvalue weighted by atomic mass is 32.2. The molecular formula is C28H20N4O7S. The number of ether oxygens (including phenoxy) is 2. The standard InChI is InChI=1S/C28H20N4O7S/c1-38-23-14-17(11-12-22(23)39-26-21(32(36)37)10-5-13-29-26)15-24-27(34)31(28(35)40-24)16-25(33)30-20-9-4-7-18-6-2-3-8-19(18)20/h2-15H,16H2,1H3,(H,30,33). The second-order valence-electron chi connectivity index (χ2n) is 8.44. The SMILES string of the molecule is COc1cc(C=C2SC(=O)N(CC(=O)Nc3cccc4ccccc34)C2=O)ccc1Oc1ncccc1[N+](=O)[O-]. The Morgan fingerprint density at radius 1 is 1.07 bits per heavy atom. The van der Waals surface area contributed by atoms with Gasteiger partial charge >= 0.3 is 5.69 Å². The van der Waals surface area contributed by atoms with E-state index in [1.165, 1.54) is 37.6 Å². The molecule has 0 unspecified atom stereocenters. The van der Waals surface area contributed by atoms with E-state index in [1.54, 1.807) is 18.2 Å². The largest absolute Gasteiger partial charge is 0.493 e. The van der Waals surface area contributed by atoms with Crippen LogP contribution in [0.4, 0.5) is 16.2 Å². The van der Waals surface area contributed by atoms with E-state index in [4.69, 9.17) is 9.47 Å². The van der Waals surface area contributed by atoms with E-state index < -0.39 is 28.5 Å². The van der Waals surface area contributed by atoms with Gasteiger partial charge in [0.05, 0.1) is 16.9 Å². The highest BCUT2D eigenvalue weighted by Crippen LogP contribution is 2.37. The lowest BCUT2D eigenvalue weighted by Crippen LogP contribution is -2.36. The molecule has 11 nitrogen and oxygen atoms in total. The van der Waals surface area contributed by atoms with Crippen molar-refractivity contribution in [2.45, 2.75) is 0 Å². The molecule has 12 heteroatoms. The van der Waals surface area contributed by atoms with Crippen molar-refractivity contribution in [2.24, 2.45) is 0 Å². The molecule has 1 aromatic heterocycles. The Morgan fingerprint density at radius 2 is 1.88 bits per heavy atom. The van der Waals surface area contributed by atoms with Crippen molar-refractivity contribution in [2.75, 3.05) is 19.0 Å². The fraction of sp³-hybridized carbons (Fsp3) is 0.0714. The Morgan fingerprint density at radius 3 is 2.67 bits per heavy atom. The van der Waals surface area contributed by atoms with Gasteiger partial charge in [-0.2, -0.15) is 0 Å². The summed E-state index contributed by atoms with van der Waals surface area (Å²) in [6, 6.07) is 20.3. The molecule has 0 bridgehead atoms. The molecule has 4 aromatic rings. The first-order valence-corrected chi connectivity index (χ1v) is 12.6. The molecule has 5 rings (SSSR count). The molecule has 0 spiro atoms. The van der Waals surface area contributed by atoms with Gasteiger partial charge in [-0.25, -0.2) is 4.98 Å². The number of fused-ring (bicyclic) bond motifs is 1. The predicted molar refractivity (Wildman–Crippen MR) is 149 cm³/mol. The van der Waals surface area contributed by atoms with Crippen molar-refractivity contribution < 1.29 is 28.8 Å². The van der Waals surface area contributed by atoms with E-state index in [0.717, 1.165) is 15.7 Å². The number of imide groups is 1. The fourth-order valence-electron chi connectivity index (χ4n) is 4.02. The zero-order valence-electron chi connectivity index (χ0n) is 20.9. The van der Waals surface area contributed by atoms with Crippen molar-refractivity contribution in [3.05, 3.63) is 99.6 Å². The van der Waals surface area contributed by atoms with Crippen LogP contribution >= 0.6 is 11.8 Å². The van der Waals surface area contributed by atoms with Gasteiger partial charge in [-0.15, -0.1) is 0 Å². The van der Waals surface area contributed by atoms with Gasteiger partial charge in [0.1, 0.15) is 6.54 Å². The van der Waals surface area contributed by atoms with Crippen molar-refractivity contribution in [1.82, 2.24) is 9.88 Å². The third kappa shape index (κ3) is 5.47. The molecule has 1 aliphatic heterocycles. The van der Waals surface area contributed by atoms with Crippen LogP contribution < -0.4 is 14.8 Å². The van der Waals surface area contributed by atoms with Crippen LogP contribution in [0, 0.1) is 10.1 Å². The molecule has 3 aromatic carbocycles. The van der Waals surface area contributed by atoms with E-state index in [0.29, 0.717) is 23.0 Å². The van der Waals surface area contributed by atoms with Crippen LogP contribution in [0.3, 0.4) is 0 Å². The van der Waals surface area contributed by atoms with Gasteiger partial charge in [0, 0.05) is 23.3 Å². The summed E-state index contributed by atoms with van der Waals surface area (Å²) in [7, 11) is 1.39. The molecule has 1 fully saturated rings. The van der Waals surface area contributed by atoms with Crippen LogP contribution in [0.1, 0.15) is 5.56 Å². The molecular weight excluding hydrogens is 536 g/mol. The number of nitro groups is 1. The first-order valence-electron chi connectivity index (χ1n) is 11.8. The lowest BCUT2D eigenvalue weighted by Gasteiger charge is -2.13. The van der Waals surface area contributed by atoms with Gasteiger partial charge in [0.15, 0.2) is 11.5 Å². The summed E-state index contributed by atoms with van der Waals surface area (Å²) in [4.78, 5) is 53.9. The summed E-state index contributed by atoms with van der Waals surface area (Å²) in [5, 5.41) is 15.3. The third-order valence-electron chi connectivity index (χ3n) is 5.88. The number of thioether (sulfide) groups is 1. The van der Waals surface area contributed by atoms with E-state index in [9.17, 15) is 24.5 Å². The van der Waals surface area contributed by atoms with E-state index in [2.05, 4.69) is 10.3 Å². The summed E-state index contributed by atoms with van der Waals surface area (Å²) >= 11 is 0.714. The minimum atomic E-state index is -0.610. The number of nitrogens with one attached hydrogen (secondary N) is 1. The van der Waals surface area contributed by atoms with E-state index in [-0.39, 0.29) is 28.0 Å². The van der Waals surface area contributed by atoms with Crippen LogP contribution in [0.5, 0.6) is 17.4 Å². The molecule has 3 amide bonds. The molecule has 200 valence electrons. The topological polar surface area (TPSA) is 141 Å². The van der Waals surface area contributed by atoms with Gasteiger partial charge in [-0.3, -0.25) is 29.4 Å². The normalized spacial score (nSPS) is 14.0. The fourth-order valence-corrected chi connectivity index (χ4v) is 4.86. The number of nitrogens with zero attached hydrogens (tertiary/aromatic N) is 3. The van der Waals surface area contributed by atoms with Crippen molar-refractivity contribution in [3.8, 4) is 17.4 Å². The molecule has 0 aliphatic carbocycles. The quantitative estimate of drug-likeness (QED) is 0.166. The van der Waals surface area contributed by atoms with Crippen LogP contribution in [-0.2, 0) is 9.59 Å². The zero-order chi connectivity index (χ0) is 28.2. The number of carbonyl (C=O) groups excluding carboxylic acids is 3. The highest BCUT2D eigenvalue weighted by molar-refractivity contribution is 8.18. The van der Waals surface area contributed by atoms with Gasteiger partial charge in [0.25, 0.3) is 17.0 Å². The summed E-state index contributed by atoms with van der Waals surface area (Å²) in [5.74, 6) is -0.929. The molecule has 1 aliphatic rings. The van der Waals surface area contributed by atoms with Crippen LogP contribution in [0.25, 0.3) is 16.8 Å². The summed E-state index contributed by atoms with van der Waals surface area (Å²) in [5.41, 5.74) is 0.772. The monoisotopic (exact) mass is 556 g/mol. The Labute approximate surface area is 231 Å². The third-order valence-corrected chi connectivity index (χ3v) is 6.79. The molecule has 1 saturated heterocycles. The molecule has 0 saturated carbocycles.